The molecule has 0 aliphatic heterocycles. The van der Waals surface area contributed by atoms with Gasteiger partial charge in [-0.2, -0.15) is 5.26 Å². The van der Waals surface area contributed by atoms with Crippen LogP contribution in [-0.2, 0) is 4.79 Å². The fourth-order valence-corrected chi connectivity index (χ4v) is 4.20. The van der Waals surface area contributed by atoms with E-state index in [2.05, 4.69) is 13.0 Å². The number of allylic oxidation sites excluding steroid dienone is 1. The van der Waals surface area contributed by atoms with Gasteiger partial charge >= 0.3 is 5.97 Å². The minimum atomic E-state index is -0.121. The van der Waals surface area contributed by atoms with Crippen LogP contribution < -0.4 is 4.74 Å². The molecule has 1 aliphatic carbocycles. The van der Waals surface area contributed by atoms with E-state index in [1.54, 1.807) is 30.3 Å². The van der Waals surface area contributed by atoms with Gasteiger partial charge in [-0.15, -0.1) is 0 Å². The van der Waals surface area contributed by atoms with Gasteiger partial charge in [-0.1, -0.05) is 62.1 Å². The van der Waals surface area contributed by atoms with Crippen molar-refractivity contribution >= 4 is 29.2 Å². The molecule has 2 aromatic rings. The second-order valence-corrected chi connectivity index (χ2v) is 8.47. The highest BCUT2D eigenvalue weighted by Gasteiger charge is 2.27. The molecule has 0 bridgehead atoms. The number of ether oxygens (including phenoxy) is 1. The Morgan fingerprint density at radius 1 is 1.17 bits per heavy atom. The molecular weight excluding hydrogens is 394 g/mol. The minimum absolute atomic E-state index is 0.00969. The first-order valence-electron chi connectivity index (χ1n) is 10.8. The third kappa shape index (κ3) is 6.21. The Labute approximate surface area is 184 Å². The Morgan fingerprint density at radius 2 is 1.90 bits per heavy atom. The molecule has 4 heteroatoms. The molecule has 0 radical (unpaired) electrons. The lowest BCUT2D eigenvalue weighted by Crippen LogP contribution is -2.25. The van der Waals surface area contributed by atoms with Gasteiger partial charge < -0.3 is 4.74 Å². The second-order valence-electron chi connectivity index (χ2n) is 8.03. The number of esters is 1. The molecule has 2 aromatic carbocycles. The van der Waals surface area contributed by atoms with Crippen LogP contribution in [0, 0.1) is 23.2 Å². The van der Waals surface area contributed by atoms with Gasteiger partial charge in [0.1, 0.15) is 5.75 Å². The summed E-state index contributed by atoms with van der Waals surface area (Å²) in [5.41, 5.74) is 2.17. The molecule has 1 saturated carbocycles. The average molecular weight is 422 g/mol. The Balaban J connectivity index is 1.58. The molecule has 0 heterocycles. The lowest BCUT2D eigenvalue weighted by atomic mass is 9.80. The summed E-state index contributed by atoms with van der Waals surface area (Å²) in [5, 5.41) is 10.1. The average Bonchev–Trinajstić information content (AvgIpc) is 2.77. The molecule has 0 aromatic heterocycles. The molecule has 0 unspecified atom stereocenters. The largest absolute Gasteiger partial charge is 0.426 e. The van der Waals surface area contributed by atoms with Crippen molar-refractivity contribution < 1.29 is 9.53 Å². The predicted molar refractivity (Wildman–Crippen MR) is 122 cm³/mol. The smallest absolute Gasteiger partial charge is 0.314 e. The van der Waals surface area contributed by atoms with Crippen molar-refractivity contribution in [3.63, 3.8) is 0 Å². The quantitative estimate of drug-likeness (QED) is 0.204. The van der Waals surface area contributed by atoms with E-state index in [1.165, 1.54) is 19.3 Å². The van der Waals surface area contributed by atoms with Crippen molar-refractivity contribution in [3.8, 4) is 11.8 Å². The summed E-state index contributed by atoms with van der Waals surface area (Å²) in [5.74, 6) is 1.21. The maximum Gasteiger partial charge on any atom is 0.314 e. The summed E-state index contributed by atoms with van der Waals surface area (Å²) in [6, 6.07) is 16.7. The Bertz CT molecular complexity index is 919. The first-order valence-corrected chi connectivity index (χ1v) is 11.2. The molecule has 0 saturated heterocycles. The molecule has 156 valence electrons. The minimum Gasteiger partial charge on any atom is -0.426 e. The van der Waals surface area contributed by atoms with Crippen LogP contribution in [0.2, 0.25) is 5.02 Å². The highest BCUT2D eigenvalue weighted by Crippen LogP contribution is 2.33. The molecule has 1 fully saturated rings. The summed E-state index contributed by atoms with van der Waals surface area (Å²) < 4.78 is 5.61. The SMILES string of the molecule is CCCCC1CCC(C(=O)Oc2ccc(/C=C(/C#N)c3cccc(Cl)c3)cc2)CC1. The summed E-state index contributed by atoms with van der Waals surface area (Å²) in [6.07, 6.45) is 9.72. The highest BCUT2D eigenvalue weighted by atomic mass is 35.5. The van der Waals surface area contributed by atoms with Gasteiger partial charge in [0, 0.05) is 5.02 Å². The third-order valence-electron chi connectivity index (χ3n) is 5.81. The Morgan fingerprint density at radius 3 is 2.53 bits per heavy atom. The standard InChI is InChI=1S/C26H28ClNO2/c1-2-3-5-19-8-12-21(13-9-19)26(29)30-25-14-10-20(11-15-25)16-23(18-28)22-6-4-7-24(27)17-22/h4,6-7,10-11,14-17,19,21H,2-3,5,8-9,12-13H2,1H3/b23-16-. The monoisotopic (exact) mass is 421 g/mol. The van der Waals surface area contributed by atoms with Crippen molar-refractivity contribution in [2.24, 2.45) is 11.8 Å². The first-order chi connectivity index (χ1) is 14.6. The zero-order valence-electron chi connectivity index (χ0n) is 17.4. The molecule has 1 aliphatic rings. The molecule has 0 amide bonds. The van der Waals surface area contributed by atoms with E-state index >= 15 is 0 Å². The van der Waals surface area contributed by atoms with E-state index < -0.39 is 0 Å². The van der Waals surface area contributed by atoms with Gasteiger partial charge in [-0.3, -0.25) is 4.79 Å². The number of nitriles is 1. The number of benzene rings is 2. The maximum atomic E-state index is 12.5. The van der Waals surface area contributed by atoms with Gasteiger partial charge in [0.25, 0.3) is 0 Å². The number of unbranched alkanes of at least 4 members (excludes halogenated alkanes) is 1. The zero-order valence-corrected chi connectivity index (χ0v) is 18.2. The predicted octanol–water partition coefficient (Wildman–Crippen LogP) is 7.31. The number of carbonyl (C=O) groups excluding carboxylic acids is 1. The van der Waals surface area contributed by atoms with Gasteiger partial charge in [0.15, 0.2) is 0 Å². The number of halogens is 1. The van der Waals surface area contributed by atoms with Crippen LogP contribution in [0.15, 0.2) is 48.5 Å². The van der Waals surface area contributed by atoms with Gasteiger partial charge in [-0.05, 0) is 73.1 Å². The van der Waals surface area contributed by atoms with Crippen LogP contribution in [0.5, 0.6) is 5.75 Å². The number of carbonyl (C=O) groups is 1. The molecular formula is C26H28ClNO2. The summed E-state index contributed by atoms with van der Waals surface area (Å²) in [7, 11) is 0. The molecule has 3 nitrogen and oxygen atoms in total. The Kier molecular flexibility index (Phi) is 8.11. The lowest BCUT2D eigenvalue weighted by Gasteiger charge is -2.27. The molecule has 0 spiro atoms. The molecule has 0 N–H and O–H groups in total. The number of rotatable bonds is 7. The van der Waals surface area contributed by atoms with Crippen molar-refractivity contribution in [3.05, 3.63) is 64.7 Å². The van der Waals surface area contributed by atoms with Crippen molar-refractivity contribution in [2.75, 3.05) is 0 Å². The number of hydrogen-bond donors (Lipinski definition) is 0. The summed E-state index contributed by atoms with van der Waals surface area (Å²) >= 11 is 6.03. The highest BCUT2D eigenvalue weighted by molar-refractivity contribution is 6.30. The van der Waals surface area contributed by atoms with E-state index in [0.29, 0.717) is 16.3 Å². The van der Waals surface area contributed by atoms with Gasteiger partial charge in [-0.25, -0.2) is 0 Å². The van der Waals surface area contributed by atoms with Crippen molar-refractivity contribution in [1.82, 2.24) is 0 Å². The van der Waals surface area contributed by atoms with Gasteiger partial charge in [0.2, 0.25) is 0 Å². The normalized spacial score (nSPS) is 19.2. The maximum absolute atomic E-state index is 12.5. The van der Waals surface area contributed by atoms with E-state index in [1.807, 2.05) is 24.3 Å². The summed E-state index contributed by atoms with van der Waals surface area (Å²) in [4.78, 5) is 12.5. The van der Waals surface area contributed by atoms with Crippen LogP contribution >= 0.6 is 11.6 Å². The second kappa shape index (κ2) is 11.0. The van der Waals surface area contributed by atoms with Crippen LogP contribution in [0.25, 0.3) is 11.6 Å². The lowest BCUT2D eigenvalue weighted by molar-refractivity contribution is -0.140. The van der Waals surface area contributed by atoms with E-state index in [9.17, 15) is 10.1 Å². The van der Waals surface area contributed by atoms with Gasteiger partial charge in [0.05, 0.1) is 17.6 Å². The fourth-order valence-electron chi connectivity index (χ4n) is 4.01. The van der Waals surface area contributed by atoms with Crippen molar-refractivity contribution in [1.29, 1.82) is 5.26 Å². The number of hydrogen-bond acceptors (Lipinski definition) is 3. The topological polar surface area (TPSA) is 50.1 Å². The first kappa shape index (κ1) is 22.1. The van der Waals surface area contributed by atoms with Crippen molar-refractivity contribution in [2.45, 2.75) is 51.9 Å². The third-order valence-corrected chi connectivity index (χ3v) is 6.05. The molecule has 30 heavy (non-hydrogen) atoms. The fraction of sp³-hybridized carbons (Fsp3) is 0.385. The molecule has 3 rings (SSSR count). The van der Waals surface area contributed by atoms with E-state index in [4.69, 9.17) is 16.3 Å². The van der Waals surface area contributed by atoms with Crippen LogP contribution in [0.4, 0.5) is 0 Å². The molecule has 0 atom stereocenters. The van der Waals surface area contributed by atoms with Crippen LogP contribution in [-0.4, -0.2) is 5.97 Å². The van der Waals surface area contributed by atoms with Crippen LogP contribution in [0.1, 0.15) is 63.0 Å². The van der Waals surface area contributed by atoms with E-state index in [0.717, 1.165) is 42.7 Å². The Hall–Kier alpha value is -2.57. The zero-order chi connectivity index (χ0) is 21.3. The van der Waals surface area contributed by atoms with E-state index in [-0.39, 0.29) is 11.9 Å². The van der Waals surface area contributed by atoms with Crippen LogP contribution in [0.3, 0.4) is 0 Å². The number of nitrogens with zero attached hydrogens (tertiary/aromatic N) is 1. The summed E-state index contributed by atoms with van der Waals surface area (Å²) in [6.45, 7) is 2.22.